The molecule has 0 spiro atoms. The third-order valence-corrected chi connectivity index (χ3v) is 3.01. The number of rotatable bonds is 4. The lowest BCUT2D eigenvalue weighted by atomic mass is 9.91. The summed E-state index contributed by atoms with van der Waals surface area (Å²) >= 11 is 0. The zero-order valence-corrected chi connectivity index (χ0v) is 10.9. The fraction of sp³-hybridized carbons (Fsp3) is 1.00. The van der Waals surface area contributed by atoms with Crippen molar-refractivity contribution in [2.45, 2.75) is 54.5 Å². The van der Waals surface area contributed by atoms with E-state index in [2.05, 4.69) is 46.6 Å². The molecule has 0 aromatic rings. The molecule has 0 amide bonds. The van der Waals surface area contributed by atoms with Gasteiger partial charge in [-0.15, -0.1) is 0 Å². The van der Waals surface area contributed by atoms with Gasteiger partial charge in [0, 0.05) is 6.04 Å². The lowest BCUT2D eigenvalue weighted by Crippen LogP contribution is -2.36. The normalized spacial score (nSPS) is 15.2. The summed E-state index contributed by atoms with van der Waals surface area (Å²) in [5, 5.41) is 0. The molecular weight excluding hydrogens is 158 g/mol. The van der Waals surface area contributed by atoms with Gasteiger partial charge in [0.1, 0.15) is 0 Å². The topological polar surface area (TPSA) is 3.24 Å². The first-order valence-corrected chi connectivity index (χ1v) is 5.70. The minimum absolute atomic E-state index is 0.708. The van der Waals surface area contributed by atoms with E-state index in [-0.39, 0.29) is 0 Å². The Morgan fingerprint density at radius 2 is 1.38 bits per heavy atom. The van der Waals surface area contributed by atoms with Crippen molar-refractivity contribution < 1.29 is 0 Å². The van der Waals surface area contributed by atoms with Crippen LogP contribution in [0.15, 0.2) is 0 Å². The lowest BCUT2D eigenvalue weighted by Gasteiger charge is -2.31. The predicted octanol–water partition coefficient (Wildman–Crippen LogP) is 3.64. The highest BCUT2D eigenvalue weighted by molar-refractivity contribution is 4.71. The molecule has 2 unspecified atom stereocenters. The van der Waals surface area contributed by atoms with Crippen LogP contribution in [0.1, 0.15) is 48.5 Å². The molecule has 0 N–H and O–H groups in total. The first kappa shape index (κ1) is 15.4. The van der Waals surface area contributed by atoms with Crippen LogP contribution in [0, 0.1) is 11.8 Å². The van der Waals surface area contributed by atoms with Crippen molar-refractivity contribution in [2.75, 3.05) is 13.6 Å². The molecule has 13 heavy (non-hydrogen) atoms. The smallest absolute Gasteiger partial charge is 0.00918 e. The molecule has 1 heteroatoms. The van der Waals surface area contributed by atoms with Gasteiger partial charge in [0.25, 0.3) is 0 Å². The first-order chi connectivity index (χ1) is 6.00. The summed E-state index contributed by atoms with van der Waals surface area (Å²) in [5.41, 5.74) is 0. The molecule has 0 saturated heterocycles. The maximum absolute atomic E-state index is 2.41. The van der Waals surface area contributed by atoms with Crippen LogP contribution in [-0.4, -0.2) is 24.5 Å². The van der Waals surface area contributed by atoms with Crippen LogP contribution in [0.3, 0.4) is 0 Å². The molecule has 0 heterocycles. The maximum Gasteiger partial charge on any atom is 0.00918 e. The minimum atomic E-state index is 0.708. The molecule has 1 nitrogen and oxygen atoms in total. The average Bonchev–Trinajstić information content (AvgIpc) is 2.17. The summed E-state index contributed by atoms with van der Waals surface area (Å²) in [6, 6.07) is 0.708. The van der Waals surface area contributed by atoms with E-state index in [1.54, 1.807) is 0 Å². The molecule has 0 aromatic heterocycles. The van der Waals surface area contributed by atoms with Crippen LogP contribution in [-0.2, 0) is 0 Å². The van der Waals surface area contributed by atoms with Gasteiger partial charge in [0.2, 0.25) is 0 Å². The Morgan fingerprint density at radius 1 is 1.00 bits per heavy atom. The van der Waals surface area contributed by atoms with E-state index in [1.807, 2.05) is 13.8 Å². The summed E-state index contributed by atoms with van der Waals surface area (Å²) in [6.07, 6.45) is 0. The first-order valence-electron chi connectivity index (χ1n) is 5.70. The Kier molecular flexibility index (Phi) is 10.2. The van der Waals surface area contributed by atoms with Crippen molar-refractivity contribution in [1.82, 2.24) is 4.90 Å². The van der Waals surface area contributed by atoms with Crippen LogP contribution in [0.2, 0.25) is 0 Å². The van der Waals surface area contributed by atoms with Crippen molar-refractivity contribution in [3.05, 3.63) is 0 Å². The second-order valence-electron chi connectivity index (χ2n) is 3.92. The standard InChI is InChI=1S/C10H23N.C2H6/c1-7-11(6)10(5)9(4)8(2)3;1-2/h8-10H,7H2,1-6H3;1-2H3. The van der Waals surface area contributed by atoms with Gasteiger partial charge in [-0.1, -0.05) is 41.5 Å². The highest BCUT2D eigenvalue weighted by Gasteiger charge is 2.17. The zero-order chi connectivity index (χ0) is 11.0. The molecule has 0 aliphatic carbocycles. The third kappa shape index (κ3) is 6.09. The third-order valence-electron chi connectivity index (χ3n) is 3.01. The largest absolute Gasteiger partial charge is 0.304 e. The van der Waals surface area contributed by atoms with Gasteiger partial charge >= 0.3 is 0 Å². The van der Waals surface area contributed by atoms with Crippen molar-refractivity contribution in [3.8, 4) is 0 Å². The molecule has 82 valence electrons. The Morgan fingerprint density at radius 3 is 1.62 bits per heavy atom. The quantitative estimate of drug-likeness (QED) is 0.649. The van der Waals surface area contributed by atoms with Crippen molar-refractivity contribution in [3.63, 3.8) is 0 Å². The molecule has 0 saturated carbocycles. The second kappa shape index (κ2) is 8.55. The van der Waals surface area contributed by atoms with Crippen molar-refractivity contribution in [2.24, 2.45) is 11.8 Å². The molecule has 0 aromatic carbocycles. The predicted molar refractivity (Wildman–Crippen MR) is 63.1 cm³/mol. The van der Waals surface area contributed by atoms with E-state index < -0.39 is 0 Å². The van der Waals surface area contributed by atoms with Gasteiger partial charge in [0.05, 0.1) is 0 Å². The van der Waals surface area contributed by atoms with E-state index >= 15 is 0 Å². The fourth-order valence-corrected chi connectivity index (χ4v) is 1.25. The lowest BCUT2D eigenvalue weighted by molar-refractivity contribution is 0.175. The van der Waals surface area contributed by atoms with Crippen molar-refractivity contribution >= 4 is 0 Å². The summed E-state index contributed by atoms with van der Waals surface area (Å²) in [5.74, 6) is 1.58. The van der Waals surface area contributed by atoms with Gasteiger partial charge in [0.15, 0.2) is 0 Å². The second-order valence-corrected chi connectivity index (χ2v) is 3.92. The maximum atomic E-state index is 2.41. The number of hydrogen-bond acceptors (Lipinski definition) is 1. The summed E-state index contributed by atoms with van der Waals surface area (Å²) in [7, 11) is 2.20. The van der Waals surface area contributed by atoms with Gasteiger partial charge in [-0.25, -0.2) is 0 Å². The average molecular weight is 187 g/mol. The van der Waals surface area contributed by atoms with E-state index in [4.69, 9.17) is 0 Å². The molecule has 0 radical (unpaired) electrons. The molecule has 0 aliphatic heterocycles. The Balaban J connectivity index is 0. The number of nitrogens with zero attached hydrogens (tertiary/aromatic N) is 1. The molecule has 0 fully saturated rings. The summed E-state index contributed by atoms with van der Waals surface area (Å²) in [6.45, 7) is 16.6. The van der Waals surface area contributed by atoms with Gasteiger partial charge in [-0.3, -0.25) is 0 Å². The Hall–Kier alpha value is -0.0400. The van der Waals surface area contributed by atoms with Crippen LogP contribution in [0.25, 0.3) is 0 Å². The van der Waals surface area contributed by atoms with E-state index in [9.17, 15) is 0 Å². The Labute approximate surface area is 85.5 Å². The van der Waals surface area contributed by atoms with Crippen molar-refractivity contribution in [1.29, 1.82) is 0 Å². The van der Waals surface area contributed by atoms with Gasteiger partial charge < -0.3 is 4.90 Å². The van der Waals surface area contributed by atoms with Crippen LogP contribution >= 0.6 is 0 Å². The van der Waals surface area contributed by atoms with Gasteiger partial charge in [-0.2, -0.15) is 0 Å². The van der Waals surface area contributed by atoms with Crippen LogP contribution in [0.5, 0.6) is 0 Å². The zero-order valence-electron chi connectivity index (χ0n) is 10.9. The Bertz CT molecular complexity index is 99.3. The molecule has 2 atom stereocenters. The van der Waals surface area contributed by atoms with Gasteiger partial charge in [-0.05, 0) is 32.4 Å². The summed E-state index contributed by atoms with van der Waals surface area (Å²) < 4.78 is 0. The van der Waals surface area contributed by atoms with Crippen LogP contribution < -0.4 is 0 Å². The summed E-state index contributed by atoms with van der Waals surface area (Å²) in [4.78, 5) is 2.41. The molecule has 0 rings (SSSR count). The van der Waals surface area contributed by atoms with E-state index in [0.29, 0.717) is 6.04 Å². The molecule has 0 bridgehead atoms. The molecule has 0 aliphatic rings. The number of hydrogen-bond donors (Lipinski definition) is 0. The molecular formula is C12H29N. The SMILES string of the molecule is CC.CCN(C)C(C)C(C)C(C)C. The van der Waals surface area contributed by atoms with Crippen LogP contribution in [0.4, 0.5) is 0 Å². The highest BCUT2D eigenvalue weighted by Crippen LogP contribution is 2.17. The minimum Gasteiger partial charge on any atom is -0.304 e. The van der Waals surface area contributed by atoms with E-state index in [1.165, 1.54) is 0 Å². The van der Waals surface area contributed by atoms with E-state index in [0.717, 1.165) is 18.4 Å². The fourth-order valence-electron chi connectivity index (χ4n) is 1.25. The monoisotopic (exact) mass is 187 g/mol. The highest BCUT2D eigenvalue weighted by atomic mass is 15.1.